The minimum atomic E-state index is -1.46. The van der Waals surface area contributed by atoms with E-state index in [-0.39, 0.29) is 10.9 Å². The fraction of sp³-hybridized carbons (Fsp3) is 0.357. The van der Waals surface area contributed by atoms with E-state index in [9.17, 15) is 13.2 Å². The summed E-state index contributed by atoms with van der Waals surface area (Å²) in [7, 11) is 0. The van der Waals surface area contributed by atoms with E-state index >= 15 is 0 Å². The van der Waals surface area contributed by atoms with E-state index in [0.717, 1.165) is 12.5 Å². The molecule has 2 rings (SSSR count). The smallest absolute Gasteiger partial charge is 0.195 e. The van der Waals surface area contributed by atoms with Gasteiger partial charge in [-0.15, -0.1) is 0 Å². The number of aryl methyl sites for hydroxylation is 1. The van der Waals surface area contributed by atoms with Gasteiger partial charge in [-0.1, -0.05) is 13.8 Å². The Labute approximate surface area is 109 Å². The highest BCUT2D eigenvalue weighted by molar-refractivity contribution is 5.92. The van der Waals surface area contributed by atoms with E-state index < -0.39 is 17.5 Å². The number of fused-ring (bicyclic) bond motifs is 1. The summed E-state index contributed by atoms with van der Waals surface area (Å²) in [5, 5.41) is 3.03. The molecule has 0 saturated heterocycles. The van der Waals surface area contributed by atoms with Gasteiger partial charge in [-0.05, 0) is 18.9 Å². The zero-order valence-corrected chi connectivity index (χ0v) is 10.9. The first kappa shape index (κ1) is 13.6. The van der Waals surface area contributed by atoms with Crippen molar-refractivity contribution in [3.05, 3.63) is 35.3 Å². The molecule has 0 radical (unpaired) electrons. The largest absolute Gasteiger partial charge is 0.384 e. The molecule has 102 valence electrons. The molecule has 1 N–H and O–H groups in total. The van der Waals surface area contributed by atoms with Crippen LogP contribution in [-0.2, 0) is 6.42 Å². The van der Waals surface area contributed by atoms with Crippen LogP contribution in [0.25, 0.3) is 10.9 Å². The Morgan fingerprint density at radius 1 is 1.11 bits per heavy atom. The molecule has 1 aromatic carbocycles. The predicted molar refractivity (Wildman–Crippen MR) is 69.8 cm³/mol. The minimum absolute atomic E-state index is 0.00421. The first-order valence-electron chi connectivity index (χ1n) is 6.29. The number of hydrogen-bond donors (Lipinski definition) is 1. The van der Waals surface area contributed by atoms with Crippen molar-refractivity contribution >= 4 is 16.6 Å². The molecule has 0 amide bonds. The summed E-state index contributed by atoms with van der Waals surface area (Å²) in [5.41, 5.74) is 1.30. The third-order valence-electron chi connectivity index (χ3n) is 2.91. The highest BCUT2D eigenvalue weighted by Crippen LogP contribution is 2.29. The molecule has 0 bridgehead atoms. The Hall–Kier alpha value is -1.78. The van der Waals surface area contributed by atoms with Gasteiger partial charge in [-0.3, -0.25) is 4.98 Å². The number of nitrogens with one attached hydrogen (secondary N) is 1. The van der Waals surface area contributed by atoms with Crippen LogP contribution < -0.4 is 5.32 Å². The molecule has 1 aromatic heterocycles. The Morgan fingerprint density at radius 2 is 1.84 bits per heavy atom. The molecule has 0 atom stereocenters. The van der Waals surface area contributed by atoms with E-state index in [0.29, 0.717) is 24.3 Å². The van der Waals surface area contributed by atoms with E-state index in [4.69, 9.17) is 0 Å². The summed E-state index contributed by atoms with van der Waals surface area (Å²) in [6.45, 7) is 4.49. The quantitative estimate of drug-likeness (QED) is 0.847. The van der Waals surface area contributed by atoms with E-state index in [2.05, 4.69) is 10.3 Å². The monoisotopic (exact) mass is 268 g/mol. The maximum Gasteiger partial charge on any atom is 0.195 e. The molecule has 2 aromatic rings. The van der Waals surface area contributed by atoms with Crippen LogP contribution in [0.15, 0.2) is 12.1 Å². The second-order valence-corrected chi connectivity index (χ2v) is 4.32. The predicted octanol–water partition coefficient (Wildman–Crippen LogP) is 4.04. The van der Waals surface area contributed by atoms with Crippen LogP contribution in [0.3, 0.4) is 0 Å². The lowest BCUT2D eigenvalue weighted by Gasteiger charge is -2.12. The third-order valence-corrected chi connectivity index (χ3v) is 2.91. The lowest BCUT2D eigenvalue weighted by molar-refractivity contribution is 0.453. The second kappa shape index (κ2) is 5.47. The van der Waals surface area contributed by atoms with Crippen LogP contribution in [0.5, 0.6) is 0 Å². The number of halogens is 3. The standard InChI is InChI=1S/C14H15F3N2/c1-3-5-18-10-6-8(4-2)19-11-7-9(15)13(16)14(17)12(10)11/h6-7H,3-5H2,1-2H3,(H,18,19). The van der Waals surface area contributed by atoms with Gasteiger partial charge >= 0.3 is 0 Å². The highest BCUT2D eigenvalue weighted by Gasteiger charge is 2.17. The Kier molecular flexibility index (Phi) is 3.93. The lowest BCUT2D eigenvalue weighted by atomic mass is 10.1. The Morgan fingerprint density at radius 3 is 2.47 bits per heavy atom. The summed E-state index contributed by atoms with van der Waals surface area (Å²) < 4.78 is 40.5. The molecule has 0 saturated carbocycles. The first-order valence-corrected chi connectivity index (χ1v) is 6.29. The molecule has 0 aliphatic rings. The average Bonchev–Trinajstić information content (AvgIpc) is 2.41. The molecular weight excluding hydrogens is 253 g/mol. The molecule has 0 spiro atoms. The maximum absolute atomic E-state index is 13.9. The molecule has 2 nitrogen and oxygen atoms in total. The van der Waals surface area contributed by atoms with Gasteiger partial charge in [0.05, 0.1) is 10.9 Å². The van der Waals surface area contributed by atoms with Crippen LogP contribution >= 0.6 is 0 Å². The first-order chi connectivity index (χ1) is 9.08. The van der Waals surface area contributed by atoms with Crippen LogP contribution in [0.1, 0.15) is 26.0 Å². The molecular formula is C14H15F3N2. The lowest BCUT2D eigenvalue weighted by Crippen LogP contribution is -2.05. The summed E-state index contributed by atoms with van der Waals surface area (Å²) >= 11 is 0. The number of hydrogen-bond acceptors (Lipinski definition) is 2. The van der Waals surface area contributed by atoms with Gasteiger partial charge in [-0.25, -0.2) is 13.2 Å². The van der Waals surface area contributed by atoms with Crippen LogP contribution in [-0.4, -0.2) is 11.5 Å². The van der Waals surface area contributed by atoms with Crippen molar-refractivity contribution in [3.8, 4) is 0 Å². The zero-order valence-electron chi connectivity index (χ0n) is 10.9. The SMILES string of the molecule is CCCNc1cc(CC)nc2cc(F)c(F)c(F)c12. The fourth-order valence-corrected chi connectivity index (χ4v) is 1.93. The van der Waals surface area contributed by atoms with Gasteiger partial charge < -0.3 is 5.32 Å². The number of nitrogens with zero attached hydrogens (tertiary/aromatic N) is 1. The summed E-state index contributed by atoms with van der Waals surface area (Å²) in [5.74, 6) is -3.87. The van der Waals surface area contributed by atoms with Gasteiger partial charge in [0.25, 0.3) is 0 Å². The van der Waals surface area contributed by atoms with Crippen molar-refractivity contribution in [3.63, 3.8) is 0 Å². The van der Waals surface area contributed by atoms with E-state index in [1.54, 1.807) is 6.07 Å². The topological polar surface area (TPSA) is 24.9 Å². The van der Waals surface area contributed by atoms with Gasteiger partial charge in [0, 0.05) is 24.0 Å². The number of anilines is 1. The fourth-order valence-electron chi connectivity index (χ4n) is 1.93. The molecule has 1 heterocycles. The Balaban J connectivity index is 2.72. The zero-order chi connectivity index (χ0) is 14.0. The highest BCUT2D eigenvalue weighted by atomic mass is 19.2. The van der Waals surface area contributed by atoms with E-state index in [1.165, 1.54) is 0 Å². The molecule has 5 heteroatoms. The molecule has 0 fully saturated rings. The molecule has 19 heavy (non-hydrogen) atoms. The number of aromatic nitrogens is 1. The summed E-state index contributed by atoms with van der Waals surface area (Å²) in [4.78, 5) is 4.14. The van der Waals surface area contributed by atoms with Gasteiger partial charge in [0.1, 0.15) is 0 Å². The normalized spacial score (nSPS) is 11.0. The van der Waals surface area contributed by atoms with Crippen molar-refractivity contribution in [2.45, 2.75) is 26.7 Å². The summed E-state index contributed by atoms with van der Waals surface area (Å²) in [6.07, 6.45) is 1.48. The number of benzene rings is 1. The number of pyridine rings is 1. The van der Waals surface area contributed by atoms with Gasteiger partial charge in [0.2, 0.25) is 0 Å². The van der Waals surface area contributed by atoms with Gasteiger partial charge in [0.15, 0.2) is 17.5 Å². The minimum Gasteiger partial charge on any atom is -0.384 e. The second-order valence-electron chi connectivity index (χ2n) is 4.32. The number of rotatable bonds is 4. The maximum atomic E-state index is 13.9. The van der Waals surface area contributed by atoms with Crippen molar-refractivity contribution in [1.82, 2.24) is 4.98 Å². The van der Waals surface area contributed by atoms with Crippen LogP contribution in [0.4, 0.5) is 18.9 Å². The van der Waals surface area contributed by atoms with Crippen molar-refractivity contribution < 1.29 is 13.2 Å². The Bertz CT molecular complexity index is 611. The summed E-state index contributed by atoms with van der Waals surface area (Å²) in [6, 6.07) is 2.61. The van der Waals surface area contributed by atoms with Crippen molar-refractivity contribution in [2.75, 3.05) is 11.9 Å². The van der Waals surface area contributed by atoms with E-state index in [1.807, 2.05) is 13.8 Å². The average molecular weight is 268 g/mol. The molecule has 0 aliphatic heterocycles. The van der Waals surface area contributed by atoms with Crippen molar-refractivity contribution in [2.24, 2.45) is 0 Å². The third kappa shape index (κ3) is 2.50. The van der Waals surface area contributed by atoms with Crippen LogP contribution in [0.2, 0.25) is 0 Å². The van der Waals surface area contributed by atoms with Crippen molar-refractivity contribution in [1.29, 1.82) is 0 Å². The van der Waals surface area contributed by atoms with Crippen LogP contribution in [0, 0.1) is 17.5 Å². The molecule has 0 unspecified atom stereocenters. The van der Waals surface area contributed by atoms with Gasteiger partial charge in [-0.2, -0.15) is 0 Å². The molecule has 0 aliphatic carbocycles.